The SMILES string of the molecule is Cc1cccc(NC(=O)C(=O)c2ccc(OCCN3CCOCC3)c3ccccc23)c1. The van der Waals surface area contributed by atoms with Crippen LogP contribution in [0.5, 0.6) is 5.75 Å². The maximum absolute atomic E-state index is 12.9. The number of carbonyl (C=O) groups is 2. The largest absolute Gasteiger partial charge is 0.492 e. The van der Waals surface area contributed by atoms with Crippen molar-refractivity contribution in [3.05, 3.63) is 71.8 Å². The van der Waals surface area contributed by atoms with E-state index in [9.17, 15) is 9.59 Å². The van der Waals surface area contributed by atoms with Crippen molar-refractivity contribution in [1.82, 2.24) is 4.90 Å². The lowest BCUT2D eigenvalue weighted by Gasteiger charge is -2.26. The number of rotatable bonds is 7. The minimum Gasteiger partial charge on any atom is -0.492 e. The molecule has 6 heteroatoms. The van der Waals surface area contributed by atoms with E-state index in [0.717, 1.165) is 43.8 Å². The van der Waals surface area contributed by atoms with E-state index in [0.29, 0.717) is 29.0 Å². The van der Waals surface area contributed by atoms with Gasteiger partial charge in [-0.15, -0.1) is 0 Å². The molecule has 1 fully saturated rings. The third-order valence-corrected chi connectivity index (χ3v) is 5.38. The van der Waals surface area contributed by atoms with Crippen LogP contribution in [0.25, 0.3) is 10.8 Å². The minimum absolute atomic E-state index is 0.362. The summed E-state index contributed by atoms with van der Waals surface area (Å²) in [5, 5.41) is 4.22. The molecule has 160 valence electrons. The van der Waals surface area contributed by atoms with Crippen molar-refractivity contribution in [3.8, 4) is 5.75 Å². The van der Waals surface area contributed by atoms with Crippen LogP contribution in [0.4, 0.5) is 5.69 Å². The number of benzene rings is 3. The second-order valence-electron chi connectivity index (χ2n) is 7.61. The smallest absolute Gasteiger partial charge is 0.296 e. The van der Waals surface area contributed by atoms with Gasteiger partial charge in [-0.1, -0.05) is 36.4 Å². The molecule has 3 aromatic rings. The predicted molar refractivity (Wildman–Crippen MR) is 121 cm³/mol. The molecule has 0 aromatic heterocycles. The standard InChI is InChI=1S/C25H26N2O4/c1-18-5-4-6-19(17-18)26-25(29)24(28)22-9-10-23(21-8-3-2-7-20(21)22)31-16-13-27-11-14-30-15-12-27/h2-10,17H,11-16H2,1H3,(H,26,29). The Morgan fingerprint density at radius 2 is 1.77 bits per heavy atom. The molecule has 0 aliphatic carbocycles. The number of hydrogen-bond acceptors (Lipinski definition) is 5. The van der Waals surface area contributed by atoms with E-state index in [1.807, 2.05) is 49.4 Å². The Morgan fingerprint density at radius 3 is 2.55 bits per heavy atom. The van der Waals surface area contributed by atoms with Gasteiger partial charge < -0.3 is 14.8 Å². The van der Waals surface area contributed by atoms with Gasteiger partial charge in [-0.3, -0.25) is 14.5 Å². The number of fused-ring (bicyclic) bond motifs is 1. The van der Waals surface area contributed by atoms with Crippen LogP contribution in [0.3, 0.4) is 0 Å². The molecule has 0 atom stereocenters. The highest BCUT2D eigenvalue weighted by atomic mass is 16.5. The van der Waals surface area contributed by atoms with Crippen LogP contribution in [-0.4, -0.2) is 56.0 Å². The molecule has 0 spiro atoms. The van der Waals surface area contributed by atoms with E-state index < -0.39 is 11.7 Å². The molecule has 31 heavy (non-hydrogen) atoms. The molecule has 1 aliphatic heterocycles. The number of ketones is 1. The average Bonchev–Trinajstić information content (AvgIpc) is 2.79. The average molecular weight is 418 g/mol. The van der Waals surface area contributed by atoms with E-state index in [1.54, 1.807) is 18.2 Å². The zero-order valence-electron chi connectivity index (χ0n) is 17.6. The fraction of sp³-hybridized carbons (Fsp3) is 0.280. The Kier molecular flexibility index (Phi) is 6.60. The summed E-state index contributed by atoms with van der Waals surface area (Å²) >= 11 is 0. The van der Waals surface area contributed by atoms with E-state index in [4.69, 9.17) is 9.47 Å². The number of carbonyl (C=O) groups excluding carboxylic acids is 2. The molecular weight excluding hydrogens is 392 g/mol. The lowest BCUT2D eigenvalue weighted by Crippen LogP contribution is -2.38. The summed E-state index contributed by atoms with van der Waals surface area (Å²) in [6, 6.07) is 18.3. The lowest BCUT2D eigenvalue weighted by molar-refractivity contribution is -0.112. The number of anilines is 1. The molecule has 0 radical (unpaired) electrons. The van der Waals surface area contributed by atoms with Gasteiger partial charge in [0.1, 0.15) is 12.4 Å². The number of ether oxygens (including phenoxy) is 2. The normalized spacial score (nSPS) is 14.4. The number of Topliss-reactive ketones (excluding diaryl/α,β-unsaturated/α-hetero) is 1. The van der Waals surface area contributed by atoms with Crippen LogP contribution in [0.2, 0.25) is 0 Å². The van der Waals surface area contributed by atoms with Crippen molar-refractivity contribution >= 4 is 28.2 Å². The predicted octanol–water partition coefficient (Wildman–Crippen LogP) is 3.68. The van der Waals surface area contributed by atoms with Gasteiger partial charge in [0.25, 0.3) is 11.7 Å². The Hall–Kier alpha value is -3.22. The van der Waals surface area contributed by atoms with E-state index >= 15 is 0 Å². The van der Waals surface area contributed by atoms with Gasteiger partial charge in [-0.2, -0.15) is 0 Å². The van der Waals surface area contributed by atoms with Crippen molar-refractivity contribution in [2.75, 3.05) is 44.8 Å². The zero-order valence-corrected chi connectivity index (χ0v) is 17.6. The van der Waals surface area contributed by atoms with Gasteiger partial charge in [0, 0.05) is 36.3 Å². The molecule has 6 nitrogen and oxygen atoms in total. The fourth-order valence-corrected chi connectivity index (χ4v) is 3.74. The summed E-state index contributed by atoms with van der Waals surface area (Å²) in [6.45, 7) is 6.63. The number of hydrogen-bond donors (Lipinski definition) is 1. The molecule has 1 N–H and O–H groups in total. The number of aryl methyl sites for hydroxylation is 1. The monoisotopic (exact) mass is 418 g/mol. The van der Waals surface area contributed by atoms with Gasteiger partial charge in [0.05, 0.1) is 13.2 Å². The summed E-state index contributed by atoms with van der Waals surface area (Å²) < 4.78 is 11.4. The van der Waals surface area contributed by atoms with E-state index in [2.05, 4.69) is 10.2 Å². The van der Waals surface area contributed by atoms with Crippen LogP contribution >= 0.6 is 0 Å². The first-order valence-corrected chi connectivity index (χ1v) is 10.5. The molecule has 1 aliphatic rings. The van der Waals surface area contributed by atoms with Crippen molar-refractivity contribution < 1.29 is 19.1 Å². The number of morpholine rings is 1. The third-order valence-electron chi connectivity index (χ3n) is 5.38. The second kappa shape index (κ2) is 9.73. The topological polar surface area (TPSA) is 67.9 Å². The molecule has 0 saturated carbocycles. The highest BCUT2D eigenvalue weighted by molar-refractivity contribution is 6.48. The van der Waals surface area contributed by atoms with Crippen molar-refractivity contribution in [2.45, 2.75) is 6.92 Å². The van der Waals surface area contributed by atoms with Crippen LogP contribution in [0.15, 0.2) is 60.7 Å². The Balaban J connectivity index is 1.50. The molecular formula is C25H26N2O4. The second-order valence-corrected chi connectivity index (χ2v) is 7.61. The summed E-state index contributed by atoms with van der Waals surface area (Å²) in [5.74, 6) is -0.520. The van der Waals surface area contributed by atoms with Gasteiger partial charge in [0.15, 0.2) is 0 Å². The first kappa shape index (κ1) is 21.0. The van der Waals surface area contributed by atoms with Gasteiger partial charge in [-0.25, -0.2) is 0 Å². The first-order valence-electron chi connectivity index (χ1n) is 10.5. The Morgan fingerprint density at radius 1 is 1.00 bits per heavy atom. The summed E-state index contributed by atoms with van der Waals surface area (Å²) in [7, 11) is 0. The van der Waals surface area contributed by atoms with Crippen molar-refractivity contribution in [3.63, 3.8) is 0 Å². The fourth-order valence-electron chi connectivity index (χ4n) is 3.74. The van der Waals surface area contributed by atoms with Crippen LogP contribution in [0.1, 0.15) is 15.9 Å². The van der Waals surface area contributed by atoms with Crippen LogP contribution in [-0.2, 0) is 9.53 Å². The quantitative estimate of drug-likeness (QED) is 0.468. The number of nitrogens with one attached hydrogen (secondary N) is 1. The maximum atomic E-state index is 12.9. The lowest BCUT2D eigenvalue weighted by atomic mass is 10.00. The summed E-state index contributed by atoms with van der Waals surface area (Å²) in [6.07, 6.45) is 0. The molecule has 4 rings (SSSR count). The number of nitrogens with zero attached hydrogens (tertiary/aromatic N) is 1. The minimum atomic E-state index is -0.656. The van der Waals surface area contributed by atoms with Gasteiger partial charge >= 0.3 is 0 Å². The molecule has 3 aromatic carbocycles. The van der Waals surface area contributed by atoms with Gasteiger partial charge in [-0.05, 0) is 42.1 Å². The molecule has 1 saturated heterocycles. The van der Waals surface area contributed by atoms with Crippen molar-refractivity contribution in [2.24, 2.45) is 0 Å². The molecule has 1 heterocycles. The highest BCUT2D eigenvalue weighted by Gasteiger charge is 2.20. The van der Waals surface area contributed by atoms with Crippen molar-refractivity contribution in [1.29, 1.82) is 0 Å². The number of amides is 1. The van der Waals surface area contributed by atoms with Gasteiger partial charge in [0.2, 0.25) is 0 Å². The summed E-state index contributed by atoms with van der Waals surface area (Å²) in [5.41, 5.74) is 1.97. The Bertz CT molecular complexity index is 1090. The highest BCUT2D eigenvalue weighted by Crippen LogP contribution is 2.29. The third kappa shape index (κ3) is 5.10. The Labute approximate surface area is 181 Å². The maximum Gasteiger partial charge on any atom is 0.296 e. The summed E-state index contributed by atoms with van der Waals surface area (Å²) in [4.78, 5) is 27.8. The molecule has 1 amide bonds. The van der Waals surface area contributed by atoms with E-state index in [-0.39, 0.29) is 0 Å². The zero-order chi connectivity index (χ0) is 21.6. The van der Waals surface area contributed by atoms with E-state index in [1.165, 1.54) is 0 Å². The van der Waals surface area contributed by atoms with Crippen LogP contribution in [0, 0.1) is 6.92 Å². The first-order chi connectivity index (χ1) is 15.1. The van der Waals surface area contributed by atoms with Crippen LogP contribution < -0.4 is 10.1 Å². The molecule has 0 bridgehead atoms. The molecule has 0 unspecified atom stereocenters.